The number of piperidine rings is 1. The number of aromatic nitrogens is 1. The molecule has 2 aromatic carbocycles. The van der Waals surface area contributed by atoms with Crippen LogP contribution in [0, 0.1) is 5.92 Å². The minimum atomic E-state index is -4.84. The normalized spacial score (nSPS) is 13.9. The second kappa shape index (κ2) is 18.1. The van der Waals surface area contributed by atoms with Crippen LogP contribution in [0.15, 0.2) is 67.0 Å². The molecular formula is C41H51F3N4O8. The highest BCUT2D eigenvalue weighted by atomic mass is 19.4. The van der Waals surface area contributed by atoms with Gasteiger partial charge in [-0.25, -0.2) is 19.3 Å². The minimum absolute atomic E-state index is 0.0419. The molecule has 0 radical (unpaired) electrons. The fourth-order valence-corrected chi connectivity index (χ4v) is 5.81. The van der Waals surface area contributed by atoms with E-state index in [0.717, 1.165) is 22.6 Å². The minimum Gasteiger partial charge on any atom is -0.449 e. The van der Waals surface area contributed by atoms with Crippen LogP contribution in [-0.4, -0.2) is 76.2 Å². The average molecular weight is 785 g/mol. The number of ether oxygens (including phenoxy) is 4. The molecule has 0 saturated carbocycles. The number of hydrogen-bond donors (Lipinski definition) is 0. The first-order valence-electron chi connectivity index (χ1n) is 18.4. The third kappa shape index (κ3) is 13.4. The van der Waals surface area contributed by atoms with Crippen molar-refractivity contribution in [1.29, 1.82) is 0 Å². The quantitative estimate of drug-likeness (QED) is 0.185. The van der Waals surface area contributed by atoms with E-state index in [1.54, 1.807) is 52.5 Å². The molecule has 0 aliphatic carbocycles. The zero-order valence-electron chi connectivity index (χ0n) is 33.1. The van der Waals surface area contributed by atoms with E-state index in [1.807, 2.05) is 38.1 Å². The topological polar surface area (TPSA) is 128 Å². The molecule has 1 aliphatic heterocycles. The summed E-state index contributed by atoms with van der Waals surface area (Å²) >= 11 is 0. The van der Waals surface area contributed by atoms with E-state index in [-0.39, 0.29) is 48.7 Å². The number of alkyl halides is 3. The van der Waals surface area contributed by atoms with Gasteiger partial charge in [-0.15, -0.1) is 13.2 Å². The Bertz CT molecular complexity index is 1800. The lowest BCUT2D eigenvalue weighted by molar-refractivity contribution is -0.274. The van der Waals surface area contributed by atoms with Gasteiger partial charge in [-0.1, -0.05) is 50.2 Å². The number of amides is 4. The predicted molar refractivity (Wildman–Crippen MR) is 202 cm³/mol. The smallest absolute Gasteiger partial charge is 0.449 e. The summed E-state index contributed by atoms with van der Waals surface area (Å²) in [6, 6.07) is 14.3. The number of nitrogens with zero attached hydrogens (tertiary/aromatic N) is 4. The predicted octanol–water partition coefficient (Wildman–Crippen LogP) is 9.47. The first-order chi connectivity index (χ1) is 26.1. The molecule has 0 N–H and O–H groups in total. The summed E-state index contributed by atoms with van der Waals surface area (Å²) in [7, 11) is 0. The summed E-state index contributed by atoms with van der Waals surface area (Å²) < 4.78 is 58.5. The Kier molecular flexibility index (Phi) is 14.0. The van der Waals surface area contributed by atoms with E-state index in [9.17, 15) is 32.3 Å². The number of anilines is 1. The number of pyridine rings is 1. The molecule has 56 heavy (non-hydrogen) atoms. The number of rotatable bonds is 10. The molecule has 12 nitrogen and oxygen atoms in total. The van der Waals surface area contributed by atoms with Gasteiger partial charge in [0.25, 0.3) is 5.91 Å². The van der Waals surface area contributed by atoms with Crippen LogP contribution in [0.4, 0.5) is 33.2 Å². The van der Waals surface area contributed by atoms with E-state index in [2.05, 4.69) is 9.72 Å². The molecular weight excluding hydrogens is 733 g/mol. The fraction of sp³-hybridized carbons (Fsp3) is 0.488. The number of hydrogen-bond acceptors (Lipinski definition) is 9. The number of carbonyl (C=O) groups is 4. The van der Waals surface area contributed by atoms with E-state index in [1.165, 1.54) is 29.4 Å². The molecule has 0 atom stereocenters. The summed E-state index contributed by atoms with van der Waals surface area (Å²) in [4.78, 5) is 61.4. The average Bonchev–Trinajstić information content (AvgIpc) is 3.10. The lowest BCUT2D eigenvalue weighted by Crippen LogP contribution is -2.43. The Hall–Kier alpha value is -5.34. The van der Waals surface area contributed by atoms with Crippen molar-refractivity contribution in [2.24, 2.45) is 5.92 Å². The molecule has 4 amide bonds. The van der Waals surface area contributed by atoms with Gasteiger partial charge in [-0.3, -0.25) is 14.7 Å². The summed E-state index contributed by atoms with van der Waals surface area (Å²) in [5.41, 5.74) is 1.08. The maximum Gasteiger partial charge on any atom is 0.573 e. The van der Waals surface area contributed by atoms with Crippen LogP contribution in [0.25, 0.3) is 0 Å². The molecule has 0 spiro atoms. The first kappa shape index (κ1) is 43.4. The Morgan fingerprint density at radius 3 is 1.96 bits per heavy atom. The van der Waals surface area contributed by atoms with Gasteiger partial charge in [0.15, 0.2) is 0 Å². The fourth-order valence-electron chi connectivity index (χ4n) is 5.81. The van der Waals surface area contributed by atoms with Crippen molar-refractivity contribution in [2.45, 2.75) is 105 Å². The van der Waals surface area contributed by atoms with Gasteiger partial charge >= 0.3 is 24.6 Å². The van der Waals surface area contributed by atoms with Crippen LogP contribution >= 0.6 is 0 Å². The number of imide groups is 1. The molecule has 4 rings (SSSR count). The van der Waals surface area contributed by atoms with Crippen LogP contribution < -0.4 is 9.64 Å². The Morgan fingerprint density at radius 2 is 1.41 bits per heavy atom. The van der Waals surface area contributed by atoms with Gasteiger partial charge in [0, 0.05) is 19.3 Å². The van der Waals surface area contributed by atoms with Gasteiger partial charge in [0.05, 0.1) is 37.1 Å². The lowest BCUT2D eigenvalue weighted by Gasteiger charge is -2.33. The van der Waals surface area contributed by atoms with Crippen molar-refractivity contribution >= 4 is 29.9 Å². The Morgan fingerprint density at radius 1 is 0.804 bits per heavy atom. The number of likely N-dealkylation sites (tertiary alicyclic amines) is 1. The highest BCUT2D eigenvalue weighted by molar-refractivity contribution is 5.96. The lowest BCUT2D eigenvalue weighted by atomic mass is 9.88. The van der Waals surface area contributed by atoms with E-state index in [4.69, 9.17) is 14.2 Å². The first-order valence-corrected chi connectivity index (χ1v) is 18.4. The SMILES string of the molecule is CC(C)COC(=O)N(Cc1ccc(OC(F)(F)F)cc1)c1cncc(C(=O)N2CCC(c3cccc(CN(C(=O)OC(C)(C)C)C(=O)OC(C)(C)C)c3)CC2)c1. The highest BCUT2D eigenvalue weighted by Gasteiger charge is 2.33. The van der Waals surface area contributed by atoms with E-state index in [0.29, 0.717) is 37.1 Å². The third-order valence-corrected chi connectivity index (χ3v) is 8.31. The number of carbonyl (C=O) groups excluding carboxylic acids is 4. The summed E-state index contributed by atoms with van der Waals surface area (Å²) in [6.07, 6.45) is -3.05. The zero-order valence-corrected chi connectivity index (χ0v) is 33.1. The maximum absolute atomic E-state index is 13.8. The molecule has 1 fully saturated rings. The van der Waals surface area contributed by atoms with Crippen LogP contribution in [0.3, 0.4) is 0 Å². The van der Waals surface area contributed by atoms with Gasteiger partial charge in [-0.2, -0.15) is 0 Å². The largest absolute Gasteiger partial charge is 0.573 e. The molecule has 2 heterocycles. The molecule has 3 aromatic rings. The van der Waals surface area contributed by atoms with Gasteiger partial charge in [-0.05, 0) is 101 Å². The molecule has 1 aliphatic rings. The number of benzene rings is 2. The second-order valence-corrected chi connectivity index (χ2v) is 16.0. The van der Waals surface area contributed by atoms with Crippen molar-refractivity contribution in [2.75, 3.05) is 24.6 Å². The van der Waals surface area contributed by atoms with Crippen molar-refractivity contribution in [3.05, 3.63) is 89.2 Å². The van der Waals surface area contributed by atoms with Gasteiger partial charge in [0.1, 0.15) is 17.0 Å². The second-order valence-electron chi connectivity index (χ2n) is 16.0. The summed E-state index contributed by atoms with van der Waals surface area (Å²) in [6.45, 7) is 14.9. The van der Waals surface area contributed by atoms with Crippen LogP contribution in [0.1, 0.15) is 101 Å². The number of halogens is 3. The van der Waals surface area contributed by atoms with Crippen LogP contribution in [-0.2, 0) is 27.3 Å². The van der Waals surface area contributed by atoms with Gasteiger partial charge < -0.3 is 23.8 Å². The molecule has 15 heteroatoms. The summed E-state index contributed by atoms with van der Waals surface area (Å²) in [5, 5.41) is 0. The molecule has 1 aromatic heterocycles. The third-order valence-electron chi connectivity index (χ3n) is 8.31. The Labute approximate surface area is 325 Å². The van der Waals surface area contributed by atoms with Crippen molar-refractivity contribution < 1.29 is 51.3 Å². The zero-order chi connectivity index (χ0) is 41.4. The van der Waals surface area contributed by atoms with E-state index >= 15 is 0 Å². The van der Waals surface area contributed by atoms with Crippen molar-refractivity contribution in [3.63, 3.8) is 0 Å². The maximum atomic E-state index is 13.8. The van der Waals surface area contributed by atoms with Crippen LogP contribution in [0.2, 0.25) is 0 Å². The molecule has 1 saturated heterocycles. The molecule has 304 valence electrons. The highest BCUT2D eigenvalue weighted by Crippen LogP contribution is 2.31. The molecule has 0 bridgehead atoms. The Balaban J connectivity index is 1.46. The summed E-state index contributed by atoms with van der Waals surface area (Å²) in [5.74, 6) is -0.538. The van der Waals surface area contributed by atoms with Crippen molar-refractivity contribution in [3.8, 4) is 5.75 Å². The van der Waals surface area contributed by atoms with Crippen molar-refractivity contribution in [1.82, 2.24) is 14.8 Å². The standard InChI is InChI=1S/C41H51F3N4O8/c1-27(2)26-53-36(50)47(24-28-12-14-34(15-13-28)54-41(42,43)44)33-21-32(22-45-23-33)35(49)46-18-16-30(17-19-46)31-11-9-10-29(20-31)25-48(37(51)55-39(3,4)5)38(52)56-40(6,7)8/h9-15,20-23,27,30H,16-19,24-26H2,1-8H3. The van der Waals surface area contributed by atoms with Crippen LogP contribution in [0.5, 0.6) is 5.75 Å². The van der Waals surface area contributed by atoms with E-state index < -0.39 is 41.6 Å². The van der Waals surface area contributed by atoms with Gasteiger partial charge in [0.2, 0.25) is 0 Å². The monoisotopic (exact) mass is 784 g/mol. The molecule has 0 unspecified atom stereocenters.